The zero-order chi connectivity index (χ0) is 24.9. The number of hydrogen-bond acceptors (Lipinski definition) is 7. The number of amides is 1. The molecular weight excluding hydrogens is 417 g/mol. The van der Waals surface area contributed by atoms with E-state index in [9.17, 15) is 14.0 Å². The van der Waals surface area contributed by atoms with Crippen LogP contribution in [0, 0.1) is 5.92 Å². The third-order valence-electron chi connectivity index (χ3n) is 6.13. The number of carbonyl (C=O) groups is 2. The third kappa shape index (κ3) is 5.68. The summed E-state index contributed by atoms with van der Waals surface area (Å²) >= 11 is 0. The lowest BCUT2D eigenvalue weighted by molar-refractivity contribution is -0.152. The molecule has 1 saturated heterocycles. The molecule has 9 heteroatoms. The number of nitrogens with zero attached hydrogens (tertiary/aromatic N) is 2. The molecule has 0 atom stereocenters. The second-order valence-electron chi connectivity index (χ2n) is 8.30. The van der Waals surface area contributed by atoms with E-state index in [-0.39, 0.29) is 24.6 Å². The number of esters is 1. The van der Waals surface area contributed by atoms with Crippen molar-refractivity contribution >= 4 is 17.6 Å². The van der Waals surface area contributed by atoms with Gasteiger partial charge in [-0.2, -0.15) is 0 Å². The highest BCUT2D eigenvalue weighted by Gasteiger charge is 2.39. The summed E-state index contributed by atoms with van der Waals surface area (Å²) < 4.78 is 43.3. The van der Waals surface area contributed by atoms with Crippen LogP contribution in [0.3, 0.4) is 0 Å². The Hall–Kier alpha value is -2.42. The van der Waals surface area contributed by atoms with Crippen molar-refractivity contribution in [2.75, 3.05) is 44.9 Å². The predicted molar refractivity (Wildman–Crippen MR) is 118 cm³/mol. The van der Waals surface area contributed by atoms with E-state index >= 15 is 0 Å². The highest BCUT2D eigenvalue weighted by atomic mass is 19.1. The van der Waals surface area contributed by atoms with E-state index in [1.54, 1.807) is 33.1 Å². The molecule has 1 amide bonds. The summed E-state index contributed by atoms with van der Waals surface area (Å²) in [6.07, 6.45) is 2.28. The smallest absolute Gasteiger partial charge is 0.331 e. The van der Waals surface area contributed by atoms with Crippen molar-refractivity contribution in [1.29, 1.82) is 0 Å². The second-order valence-corrected chi connectivity index (χ2v) is 8.30. The molecule has 3 rings (SSSR count). The Labute approximate surface area is 191 Å². The van der Waals surface area contributed by atoms with E-state index in [2.05, 4.69) is 15.2 Å². The Kier molecular flexibility index (Phi) is 7.32. The van der Waals surface area contributed by atoms with Crippen LogP contribution in [-0.2, 0) is 14.3 Å². The first-order chi connectivity index (χ1) is 16.1. The van der Waals surface area contributed by atoms with Gasteiger partial charge in [-0.05, 0) is 43.7 Å². The third-order valence-corrected chi connectivity index (χ3v) is 6.13. The van der Waals surface area contributed by atoms with Gasteiger partial charge >= 0.3 is 5.97 Å². The Balaban J connectivity index is 1.72. The lowest BCUT2D eigenvalue weighted by Gasteiger charge is -2.40. The van der Waals surface area contributed by atoms with E-state index in [4.69, 9.17) is 17.0 Å². The number of rotatable bonds is 13. The summed E-state index contributed by atoms with van der Waals surface area (Å²) in [5.74, 6) is -0.403. The fourth-order valence-electron chi connectivity index (χ4n) is 3.54. The Morgan fingerprint density at radius 2 is 2.03 bits per heavy atom. The molecule has 178 valence electrons. The number of nitrogens with one attached hydrogen (secondary N) is 1. The fraction of sp³-hybridized carbons (Fsp3) is 0.696. The molecule has 8 nitrogen and oxygen atoms in total. The first-order valence-electron chi connectivity index (χ1n) is 12.2. The predicted octanol–water partition coefficient (Wildman–Crippen LogP) is 2.90. The SMILES string of the molecule is [2H]C([2H])(F)CCOC(=O)C(CC)(CC)NC(=O)c1ccc(N2CC(OC)C2)c(OCC2CC2)n1. The van der Waals surface area contributed by atoms with Crippen LogP contribution >= 0.6 is 0 Å². The largest absolute Gasteiger partial charge is 0.476 e. The normalized spacial score (nSPS) is 17.8. The summed E-state index contributed by atoms with van der Waals surface area (Å²) in [5.41, 5.74) is -0.432. The van der Waals surface area contributed by atoms with Gasteiger partial charge in [-0.25, -0.2) is 9.78 Å². The molecule has 0 spiro atoms. The topological polar surface area (TPSA) is 90.0 Å². The molecule has 0 bridgehead atoms. The summed E-state index contributed by atoms with van der Waals surface area (Å²) in [6.45, 7) is 2.06. The van der Waals surface area contributed by atoms with Crippen LogP contribution < -0.4 is 15.0 Å². The Morgan fingerprint density at radius 3 is 2.62 bits per heavy atom. The number of aromatic nitrogens is 1. The molecule has 1 N–H and O–H groups in total. The summed E-state index contributed by atoms with van der Waals surface area (Å²) in [6, 6.07) is 3.38. The minimum atomic E-state index is -2.94. The molecule has 32 heavy (non-hydrogen) atoms. The van der Waals surface area contributed by atoms with Crippen LogP contribution in [0.25, 0.3) is 0 Å². The number of halogens is 1. The highest BCUT2D eigenvalue weighted by Crippen LogP contribution is 2.34. The van der Waals surface area contributed by atoms with Gasteiger partial charge in [-0.1, -0.05) is 13.8 Å². The number of anilines is 1. The van der Waals surface area contributed by atoms with Gasteiger partial charge in [0.25, 0.3) is 5.91 Å². The van der Waals surface area contributed by atoms with E-state index in [0.717, 1.165) is 18.5 Å². The number of methoxy groups -OCH3 is 1. The molecule has 0 aromatic carbocycles. The molecule has 2 fully saturated rings. The molecule has 1 aliphatic carbocycles. The van der Waals surface area contributed by atoms with E-state index < -0.39 is 37.1 Å². The second kappa shape index (κ2) is 10.9. The van der Waals surface area contributed by atoms with Gasteiger partial charge in [0, 0.05) is 26.6 Å². The standard InChI is InChI=1S/C23H34FN3O5/c1-4-23(5-2,22(29)31-12-6-11-24)26-20(28)18-9-10-19(27-13-17(14-27)30-3)21(25-18)32-15-16-7-8-16/h9-10,16-17H,4-8,11-15H2,1-3H3,(H,26,28)/i11D2. The van der Waals surface area contributed by atoms with Crippen molar-refractivity contribution < 1.29 is 30.9 Å². The number of pyridine rings is 1. The van der Waals surface area contributed by atoms with Crippen molar-refractivity contribution in [3.8, 4) is 5.88 Å². The molecule has 1 saturated carbocycles. The number of ether oxygens (including phenoxy) is 3. The minimum Gasteiger partial charge on any atom is -0.476 e. The molecule has 1 aromatic rings. The maximum Gasteiger partial charge on any atom is 0.331 e. The molecule has 2 heterocycles. The van der Waals surface area contributed by atoms with Gasteiger partial charge in [0.05, 0.1) is 28.7 Å². The van der Waals surface area contributed by atoms with Crippen molar-refractivity contribution in [2.24, 2.45) is 5.92 Å². The van der Waals surface area contributed by atoms with Crippen LogP contribution in [0.15, 0.2) is 12.1 Å². The maximum atomic E-state index is 13.1. The molecule has 1 aromatic heterocycles. The summed E-state index contributed by atoms with van der Waals surface area (Å²) in [4.78, 5) is 32.4. The zero-order valence-corrected chi connectivity index (χ0v) is 19.0. The van der Waals surface area contributed by atoms with Gasteiger partial charge in [0.2, 0.25) is 5.88 Å². The van der Waals surface area contributed by atoms with Crippen molar-refractivity contribution in [2.45, 2.75) is 57.6 Å². The molecule has 1 aliphatic heterocycles. The number of alkyl halides is 1. The first kappa shape index (κ1) is 21.4. The van der Waals surface area contributed by atoms with Crippen LogP contribution in [0.4, 0.5) is 10.1 Å². The zero-order valence-electron chi connectivity index (χ0n) is 21.0. The van der Waals surface area contributed by atoms with Crippen LogP contribution in [0.5, 0.6) is 5.88 Å². The lowest BCUT2D eigenvalue weighted by Crippen LogP contribution is -2.54. The highest BCUT2D eigenvalue weighted by molar-refractivity contribution is 5.97. The van der Waals surface area contributed by atoms with Crippen molar-refractivity contribution in [1.82, 2.24) is 10.3 Å². The van der Waals surface area contributed by atoms with Gasteiger partial charge in [0.15, 0.2) is 0 Å². The van der Waals surface area contributed by atoms with E-state index in [1.807, 2.05) is 0 Å². The van der Waals surface area contributed by atoms with Crippen LogP contribution in [-0.4, -0.2) is 68.5 Å². The first-order valence-corrected chi connectivity index (χ1v) is 11.2. The lowest BCUT2D eigenvalue weighted by atomic mass is 9.92. The fourth-order valence-corrected chi connectivity index (χ4v) is 3.54. The molecule has 0 radical (unpaired) electrons. The number of carbonyl (C=O) groups excluding carboxylic acids is 2. The summed E-state index contributed by atoms with van der Waals surface area (Å²) in [7, 11) is 1.67. The van der Waals surface area contributed by atoms with Gasteiger partial charge in [-0.15, -0.1) is 0 Å². The van der Waals surface area contributed by atoms with Gasteiger partial charge in [0.1, 0.15) is 16.9 Å². The van der Waals surface area contributed by atoms with Gasteiger partial charge < -0.3 is 24.4 Å². The van der Waals surface area contributed by atoms with Crippen molar-refractivity contribution in [3.05, 3.63) is 17.8 Å². The molecular formula is C23H34FN3O5. The van der Waals surface area contributed by atoms with Gasteiger partial charge in [-0.3, -0.25) is 9.18 Å². The van der Waals surface area contributed by atoms with Crippen LogP contribution in [0.1, 0.15) is 59.2 Å². The average molecular weight is 454 g/mol. The van der Waals surface area contributed by atoms with Crippen molar-refractivity contribution in [3.63, 3.8) is 0 Å². The number of hydrogen-bond donors (Lipinski definition) is 1. The molecule has 2 aliphatic rings. The van der Waals surface area contributed by atoms with E-state index in [1.165, 1.54) is 0 Å². The quantitative estimate of drug-likeness (QED) is 0.459. The Bertz CT molecular complexity index is 869. The minimum absolute atomic E-state index is 0.109. The van der Waals surface area contributed by atoms with E-state index in [0.29, 0.717) is 31.5 Å². The average Bonchev–Trinajstić information content (AvgIpc) is 3.59. The maximum absolute atomic E-state index is 13.1. The molecule has 0 unspecified atom stereocenters. The Morgan fingerprint density at radius 1 is 1.31 bits per heavy atom. The van der Waals surface area contributed by atoms with Crippen LogP contribution in [0.2, 0.25) is 0 Å². The summed E-state index contributed by atoms with van der Waals surface area (Å²) in [5, 5.41) is 2.74. The monoisotopic (exact) mass is 453 g/mol.